The monoisotopic (exact) mass is 269 g/mol. The number of amides is 1. The molecule has 0 aromatic carbocycles. The Labute approximate surface area is 106 Å². The number of aromatic nitrogens is 1. The van der Waals surface area contributed by atoms with Crippen molar-refractivity contribution in [3.05, 3.63) is 28.1 Å². The van der Waals surface area contributed by atoms with Gasteiger partial charge in [0.1, 0.15) is 5.69 Å². The Morgan fingerprint density at radius 1 is 1.58 bits per heavy atom. The van der Waals surface area contributed by atoms with Crippen LogP contribution in [0.3, 0.4) is 0 Å². The molecule has 1 fully saturated rings. The van der Waals surface area contributed by atoms with Crippen LogP contribution in [0.15, 0.2) is 12.3 Å². The Hall–Kier alpha value is -2.42. The molecule has 1 aromatic rings. The summed E-state index contributed by atoms with van der Waals surface area (Å²) < 4.78 is 1.51. The quantitative estimate of drug-likeness (QED) is 0.571. The van der Waals surface area contributed by atoms with Crippen LogP contribution in [0.25, 0.3) is 0 Å². The van der Waals surface area contributed by atoms with Crippen molar-refractivity contribution in [2.75, 3.05) is 6.61 Å². The molecule has 9 heteroatoms. The van der Waals surface area contributed by atoms with Crippen LogP contribution >= 0.6 is 0 Å². The number of carboxylic acid groups (broad SMARTS) is 1. The molecule has 1 heterocycles. The standard InChI is InChI=1S/C10H11N3O6/c14-9(15)5-19-11-10(16)8-3-7(13(17)18)4-12(8)6-1-2-6/h3-4,6H,1-2,5H2,(H,11,16)(H,14,15). The van der Waals surface area contributed by atoms with E-state index in [1.165, 1.54) is 10.8 Å². The average Bonchev–Trinajstić information content (AvgIpc) is 3.07. The lowest BCUT2D eigenvalue weighted by Gasteiger charge is -2.06. The number of carboxylic acids is 1. The van der Waals surface area contributed by atoms with Crippen LogP contribution in [0.2, 0.25) is 0 Å². The molecule has 102 valence electrons. The first-order valence-corrected chi connectivity index (χ1v) is 5.49. The Kier molecular flexibility index (Phi) is 3.47. The summed E-state index contributed by atoms with van der Waals surface area (Å²) in [5.74, 6) is -1.94. The Bertz CT molecular complexity index is 533. The van der Waals surface area contributed by atoms with Gasteiger partial charge in [-0.3, -0.25) is 19.7 Å². The first-order chi connectivity index (χ1) is 8.99. The number of hydroxylamine groups is 1. The van der Waals surface area contributed by atoms with Crippen molar-refractivity contribution in [2.24, 2.45) is 0 Å². The van der Waals surface area contributed by atoms with Gasteiger partial charge in [-0.05, 0) is 12.8 Å². The van der Waals surface area contributed by atoms with E-state index >= 15 is 0 Å². The van der Waals surface area contributed by atoms with E-state index in [0.29, 0.717) is 0 Å². The van der Waals surface area contributed by atoms with E-state index in [9.17, 15) is 19.7 Å². The average molecular weight is 269 g/mol. The number of carbonyl (C=O) groups excluding carboxylic acids is 1. The molecule has 2 N–H and O–H groups in total. The van der Waals surface area contributed by atoms with Crippen molar-refractivity contribution in [1.29, 1.82) is 0 Å². The van der Waals surface area contributed by atoms with Crippen molar-refractivity contribution < 1.29 is 24.5 Å². The fourth-order valence-corrected chi connectivity index (χ4v) is 1.62. The second kappa shape index (κ2) is 5.06. The second-order valence-electron chi connectivity index (χ2n) is 4.09. The highest BCUT2D eigenvalue weighted by molar-refractivity contribution is 5.93. The second-order valence-corrected chi connectivity index (χ2v) is 4.09. The SMILES string of the molecule is O=C(O)CONC(=O)c1cc([N+](=O)[O-])cn1C1CC1. The van der Waals surface area contributed by atoms with Crippen LogP contribution in [0, 0.1) is 10.1 Å². The van der Waals surface area contributed by atoms with Gasteiger partial charge in [-0.25, -0.2) is 10.3 Å². The van der Waals surface area contributed by atoms with Crippen LogP contribution in [-0.2, 0) is 9.63 Å². The molecular formula is C10H11N3O6. The van der Waals surface area contributed by atoms with E-state index in [1.54, 1.807) is 0 Å². The van der Waals surface area contributed by atoms with Gasteiger partial charge in [0.05, 0.1) is 11.1 Å². The lowest BCUT2D eigenvalue weighted by molar-refractivity contribution is -0.384. The zero-order valence-corrected chi connectivity index (χ0v) is 9.74. The highest BCUT2D eigenvalue weighted by atomic mass is 16.7. The lowest BCUT2D eigenvalue weighted by atomic mass is 10.4. The summed E-state index contributed by atoms with van der Waals surface area (Å²) in [7, 11) is 0. The summed E-state index contributed by atoms with van der Waals surface area (Å²) in [6, 6.07) is 1.21. The molecule has 0 aliphatic heterocycles. The first kappa shape index (κ1) is 13.0. The molecule has 1 saturated carbocycles. The number of hydrogen-bond donors (Lipinski definition) is 2. The van der Waals surface area contributed by atoms with E-state index in [4.69, 9.17) is 5.11 Å². The minimum Gasteiger partial charge on any atom is -0.479 e. The maximum absolute atomic E-state index is 11.7. The normalized spacial score (nSPS) is 14.1. The van der Waals surface area contributed by atoms with Gasteiger partial charge in [0.15, 0.2) is 6.61 Å². The Balaban J connectivity index is 2.11. The molecule has 9 nitrogen and oxygen atoms in total. The lowest BCUT2D eigenvalue weighted by Crippen LogP contribution is -2.28. The fourth-order valence-electron chi connectivity index (χ4n) is 1.62. The molecule has 0 unspecified atom stereocenters. The van der Waals surface area contributed by atoms with Gasteiger partial charge in [0.25, 0.3) is 11.6 Å². The smallest absolute Gasteiger partial charge is 0.332 e. The minimum absolute atomic E-state index is 0.0777. The third-order valence-corrected chi connectivity index (χ3v) is 2.58. The van der Waals surface area contributed by atoms with Crippen molar-refractivity contribution in [2.45, 2.75) is 18.9 Å². The third-order valence-electron chi connectivity index (χ3n) is 2.58. The largest absolute Gasteiger partial charge is 0.479 e. The maximum atomic E-state index is 11.7. The van der Waals surface area contributed by atoms with Gasteiger partial charge in [-0.1, -0.05) is 0 Å². The van der Waals surface area contributed by atoms with Crippen LogP contribution in [0.1, 0.15) is 29.4 Å². The van der Waals surface area contributed by atoms with E-state index in [2.05, 4.69) is 4.84 Å². The zero-order valence-electron chi connectivity index (χ0n) is 9.74. The van der Waals surface area contributed by atoms with Crippen LogP contribution in [0.4, 0.5) is 5.69 Å². The molecule has 1 aliphatic carbocycles. The fraction of sp³-hybridized carbons (Fsp3) is 0.400. The number of hydrogen-bond acceptors (Lipinski definition) is 5. The summed E-state index contributed by atoms with van der Waals surface area (Å²) in [5, 5.41) is 19.0. The van der Waals surface area contributed by atoms with Gasteiger partial charge in [0.2, 0.25) is 0 Å². The zero-order chi connectivity index (χ0) is 14.0. The maximum Gasteiger partial charge on any atom is 0.332 e. The Morgan fingerprint density at radius 3 is 2.79 bits per heavy atom. The molecule has 0 atom stereocenters. The molecule has 0 spiro atoms. The molecule has 1 aromatic heterocycles. The summed E-state index contributed by atoms with van der Waals surface area (Å²) in [5.41, 5.74) is 1.84. The van der Waals surface area contributed by atoms with Gasteiger partial charge in [-0.15, -0.1) is 0 Å². The number of nitrogens with zero attached hydrogens (tertiary/aromatic N) is 2. The van der Waals surface area contributed by atoms with Gasteiger partial charge in [0, 0.05) is 12.1 Å². The highest BCUT2D eigenvalue weighted by Gasteiger charge is 2.30. The van der Waals surface area contributed by atoms with Crippen molar-refractivity contribution in [3.8, 4) is 0 Å². The van der Waals surface area contributed by atoms with E-state index < -0.39 is 23.4 Å². The number of aliphatic carboxylic acids is 1. The molecule has 19 heavy (non-hydrogen) atoms. The summed E-state index contributed by atoms with van der Waals surface area (Å²) in [6.07, 6.45) is 2.99. The summed E-state index contributed by atoms with van der Waals surface area (Å²) >= 11 is 0. The summed E-state index contributed by atoms with van der Waals surface area (Å²) in [6.45, 7) is -0.683. The topological polar surface area (TPSA) is 124 Å². The van der Waals surface area contributed by atoms with Gasteiger partial charge < -0.3 is 9.67 Å². The number of nitrogens with one attached hydrogen (secondary N) is 1. The highest BCUT2D eigenvalue weighted by Crippen LogP contribution is 2.37. The van der Waals surface area contributed by atoms with Crippen LogP contribution in [-0.4, -0.2) is 33.1 Å². The molecule has 1 aliphatic rings. The van der Waals surface area contributed by atoms with E-state index in [-0.39, 0.29) is 17.4 Å². The molecule has 0 saturated heterocycles. The summed E-state index contributed by atoms with van der Waals surface area (Å²) in [4.78, 5) is 36.5. The molecular weight excluding hydrogens is 258 g/mol. The molecule has 1 amide bonds. The van der Waals surface area contributed by atoms with E-state index in [0.717, 1.165) is 18.9 Å². The molecule has 2 rings (SSSR count). The van der Waals surface area contributed by atoms with Crippen LogP contribution in [0.5, 0.6) is 0 Å². The third kappa shape index (κ3) is 3.07. The number of carbonyl (C=O) groups is 2. The van der Waals surface area contributed by atoms with Crippen molar-refractivity contribution in [1.82, 2.24) is 10.0 Å². The van der Waals surface area contributed by atoms with Crippen molar-refractivity contribution >= 4 is 17.6 Å². The predicted molar refractivity (Wildman–Crippen MR) is 60.4 cm³/mol. The minimum atomic E-state index is -1.23. The predicted octanol–water partition coefficient (Wildman–Crippen LogP) is 0.477. The van der Waals surface area contributed by atoms with Crippen molar-refractivity contribution in [3.63, 3.8) is 0 Å². The molecule has 0 radical (unpaired) electrons. The number of rotatable bonds is 6. The van der Waals surface area contributed by atoms with E-state index in [1.807, 2.05) is 5.48 Å². The molecule has 0 bridgehead atoms. The van der Waals surface area contributed by atoms with Gasteiger partial charge in [-0.2, -0.15) is 0 Å². The Morgan fingerprint density at radius 2 is 2.26 bits per heavy atom. The van der Waals surface area contributed by atoms with Gasteiger partial charge >= 0.3 is 5.97 Å². The first-order valence-electron chi connectivity index (χ1n) is 5.49. The number of nitro groups is 1. The van der Waals surface area contributed by atoms with Crippen LogP contribution < -0.4 is 5.48 Å².